The van der Waals surface area contributed by atoms with E-state index in [1.807, 2.05) is 6.92 Å². The summed E-state index contributed by atoms with van der Waals surface area (Å²) in [5, 5.41) is 25.6. The number of hydrogen-bond donors (Lipinski definition) is 2. The lowest BCUT2D eigenvalue weighted by atomic mass is 9.98. The van der Waals surface area contributed by atoms with Gasteiger partial charge in [0, 0.05) is 24.1 Å². The van der Waals surface area contributed by atoms with Gasteiger partial charge in [0.05, 0.1) is 44.7 Å². The highest BCUT2D eigenvalue weighted by molar-refractivity contribution is 5.87. The van der Waals surface area contributed by atoms with Crippen molar-refractivity contribution in [1.29, 1.82) is 0 Å². The Hall–Kier alpha value is -3.30. The highest BCUT2D eigenvalue weighted by Gasteiger charge is 2.29. The van der Waals surface area contributed by atoms with Gasteiger partial charge in [-0.1, -0.05) is 12.8 Å². The maximum Gasteiger partial charge on any atom is 0.354 e. The van der Waals surface area contributed by atoms with Crippen LogP contribution in [0.1, 0.15) is 59.1 Å². The van der Waals surface area contributed by atoms with E-state index in [1.54, 1.807) is 38.5 Å². The lowest BCUT2D eigenvalue weighted by molar-refractivity contribution is -0.0757. The molecule has 2 unspecified atom stereocenters. The molecule has 9 nitrogen and oxygen atoms in total. The molecule has 0 saturated heterocycles. The van der Waals surface area contributed by atoms with E-state index in [1.165, 1.54) is 17.7 Å². The molecule has 0 radical (unpaired) electrons. The van der Waals surface area contributed by atoms with E-state index in [-0.39, 0.29) is 11.8 Å². The first kappa shape index (κ1) is 24.8. The first-order valence-electron chi connectivity index (χ1n) is 11.7. The molecule has 1 aliphatic carbocycles. The number of aliphatic hydroxyl groups is 1. The maximum atomic E-state index is 11.8. The number of hydrogen-bond acceptors (Lipinski definition) is 7. The van der Waals surface area contributed by atoms with Crippen molar-refractivity contribution in [2.45, 2.75) is 57.3 Å². The maximum absolute atomic E-state index is 11.8. The predicted molar refractivity (Wildman–Crippen MR) is 129 cm³/mol. The van der Waals surface area contributed by atoms with Crippen molar-refractivity contribution in [3.8, 4) is 17.2 Å². The summed E-state index contributed by atoms with van der Waals surface area (Å²) in [4.78, 5) is 11.8. The Morgan fingerprint density at radius 1 is 1.06 bits per heavy atom. The lowest BCUT2D eigenvalue weighted by Gasteiger charge is -2.27. The van der Waals surface area contributed by atoms with Crippen LogP contribution in [-0.4, -0.2) is 59.3 Å². The zero-order valence-electron chi connectivity index (χ0n) is 20.5. The zero-order chi connectivity index (χ0) is 25.1. The van der Waals surface area contributed by atoms with Gasteiger partial charge >= 0.3 is 5.97 Å². The number of rotatable bonds is 10. The summed E-state index contributed by atoms with van der Waals surface area (Å²) in [5.74, 6) is 0.549. The standard InChI is InChI=1S/C26H32N2O7/c1-15-22(33-3)9-16(10-23(15)34-4)25(29)24(35-19-7-5-6-8-19)12-17-11-18-13-20(32-2)14-21(26(30)31)28(18)27-17/h9-11,13-14,19,24-25,29H,5-8,12H2,1-4H3,(H,30,31). The average molecular weight is 485 g/mol. The number of pyridine rings is 1. The minimum absolute atomic E-state index is 0.00702. The van der Waals surface area contributed by atoms with Gasteiger partial charge in [-0.3, -0.25) is 0 Å². The summed E-state index contributed by atoms with van der Waals surface area (Å²) in [6.07, 6.45) is 2.83. The third kappa shape index (κ3) is 5.21. The van der Waals surface area contributed by atoms with Crippen molar-refractivity contribution in [2.75, 3.05) is 21.3 Å². The Labute approximate surface area is 204 Å². The van der Waals surface area contributed by atoms with Gasteiger partial charge < -0.3 is 29.2 Å². The molecule has 2 atom stereocenters. The Morgan fingerprint density at radius 2 is 1.71 bits per heavy atom. The van der Waals surface area contributed by atoms with Gasteiger partial charge in [0.1, 0.15) is 23.4 Å². The Bertz CT molecular complexity index is 1170. The van der Waals surface area contributed by atoms with Crippen LogP contribution in [0.4, 0.5) is 0 Å². The van der Waals surface area contributed by atoms with E-state index >= 15 is 0 Å². The smallest absolute Gasteiger partial charge is 0.354 e. The van der Waals surface area contributed by atoms with Gasteiger partial charge in [-0.05, 0) is 43.5 Å². The molecule has 0 amide bonds. The zero-order valence-corrected chi connectivity index (χ0v) is 20.5. The van der Waals surface area contributed by atoms with E-state index in [0.717, 1.165) is 31.2 Å². The Kier molecular flexibility index (Phi) is 7.47. The second-order valence-corrected chi connectivity index (χ2v) is 8.84. The molecular weight excluding hydrogens is 452 g/mol. The van der Waals surface area contributed by atoms with Crippen LogP contribution in [0.3, 0.4) is 0 Å². The second-order valence-electron chi connectivity index (χ2n) is 8.84. The summed E-state index contributed by atoms with van der Waals surface area (Å²) < 4.78 is 24.0. The average Bonchev–Trinajstić information content (AvgIpc) is 3.51. The fraction of sp³-hybridized carbons (Fsp3) is 0.462. The van der Waals surface area contributed by atoms with Crippen LogP contribution in [0.2, 0.25) is 0 Å². The highest BCUT2D eigenvalue weighted by Crippen LogP contribution is 2.35. The van der Waals surface area contributed by atoms with Gasteiger partial charge in [0.15, 0.2) is 5.69 Å². The minimum atomic E-state index is -1.11. The summed E-state index contributed by atoms with van der Waals surface area (Å²) in [7, 11) is 4.64. The summed E-state index contributed by atoms with van der Waals surface area (Å²) in [6.45, 7) is 1.89. The summed E-state index contributed by atoms with van der Waals surface area (Å²) in [6, 6.07) is 8.54. The lowest BCUT2D eigenvalue weighted by Crippen LogP contribution is -2.29. The fourth-order valence-electron chi connectivity index (χ4n) is 4.70. The van der Waals surface area contributed by atoms with E-state index in [2.05, 4.69) is 5.10 Å². The number of benzene rings is 1. The van der Waals surface area contributed by atoms with E-state index in [9.17, 15) is 15.0 Å². The molecule has 1 saturated carbocycles. The molecule has 2 aromatic heterocycles. The molecule has 1 aromatic carbocycles. The number of aromatic carboxylic acids is 1. The van der Waals surface area contributed by atoms with Crippen molar-refractivity contribution in [3.05, 3.63) is 52.8 Å². The molecule has 0 bridgehead atoms. The van der Waals surface area contributed by atoms with Gasteiger partial charge in [-0.15, -0.1) is 0 Å². The Balaban J connectivity index is 1.70. The molecule has 1 fully saturated rings. The third-order valence-corrected chi connectivity index (χ3v) is 6.59. The monoisotopic (exact) mass is 484 g/mol. The number of aliphatic hydroxyl groups excluding tert-OH is 1. The van der Waals surface area contributed by atoms with Crippen LogP contribution in [0.15, 0.2) is 30.3 Å². The molecule has 35 heavy (non-hydrogen) atoms. The van der Waals surface area contributed by atoms with Crippen molar-refractivity contribution in [3.63, 3.8) is 0 Å². The number of carboxylic acids is 1. The number of ether oxygens (including phenoxy) is 4. The van der Waals surface area contributed by atoms with Crippen molar-refractivity contribution < 1.29 is 34.0 Å². The number of fused-ring (bicyclic) bond motifs is 1. The summed E-state index contributed by atoms with van der Waals surface area (Å²) >= 11 is 0. The predicted octanol–water partition coefficient (Wildman–Crippen LogP) is 3.97. The van der Waals surface area contributed by atoms with E-state index in [4.69, 9.17) is 18.9 Å². The SMILES string of the molecule is COc1cc(C(=O)O)n2nc(CC(OC3CCCC3)C(O)c3cc(OC)c(C)c(OC)c3)cc2c1. The molecule has 2 heterocycles. The fourth-order valence-corrected chi connectivity index (χ4v) is 4.70. The normalized spacial score (nSPS) is 15.8. The number of methoxy groups -OCH3 is 3. The molecule has 9 heteroatoms. The first-order valence-corrected chi connectivity index (χ1v) is 11.7. The molecular formula is C26H32N2O7. The Morgan fingerprint density at radius 3 is 2.29 bits per heavy atom. The van der Waals surface area contributed by atoms with Crippen LogP contribution in [0.25, 0.3) is 5.52 Å². The number of nitrogens with zero attached hydrogens (tertiary/aromatic N) is 2. The number of carbonyl (C=O) groups is 1. The molecule has 4 rings (SSSR count). The first-order chi connectivity index (χ1) is 16.8. The molecule has 1 aliphatic rings. The van der Waals surface area contributed by atoms with Crippen LogP contribution >= 0.6 is 0 Å². The quantitative estimate of drug-likeness (QED) is 0.445. The second kappa shape index (κ2) is 10.5. The third-order valence-electron chi connectivity index (χ3n) is 6.59. The van der Waals surface area contributed by atoms with E-state index < -0.39 is 18.2 Å². The minimum Gasteiger partial charge on any atom is -0.497 e. The van der Waals surface area contributed by atoms with Gasteiger partial charge in [0.2, 0.25) is 0 Å². The van der Waals surface area contributed by atoms with Crippen LogP contribution in [0.5, 0.6) is 17.2 Å². The van der Waals surface area contributed by atoms with Gasteiger partial charge in [-0.25, -0.2) is 9.31 Å². The summed E-state index contributed by atoms with van der Waals surface area (Å²) in [5.41, 5.74) is 2.64. The number of carboxylic acid groups (broad SMARTS) is 1. The molecule has 0 aliphatic heterocycles. The van der Waals surface area contributed by atoms with Crippen LogP contribution < -0.4 is 14.2 Å². The molecule has 3 aromatic rings. The van der Waals surface area contributed by atoms with Gasteiger partial charge in [-0.2, -0.15) is 5.10 Å². The van der Waals surface area contributed by atoms with Crippen molar-refractivity contribution >= 4 is 11.5 Å². The van der Waals surface area contributed by atoms with Crippen LogP contribution in [-0.2, 0) is 11.2 Å². The topological polar surface area (TPSA) is 112 Å². The van der Waals surface area contributed by atoms with Crippen molar-refractivity contribution in [1.82, 2.24) is 9.61 Å². The highest BCUT2D eigenvalue weighted by atomic mass is 16.5. The van der Waals surface area contributed by atoms with E-state index in [0.29, 0.717) is 40.4 Å². The molecule has 2 N–H and O–H groups in total. The van der Waals surface area contributed by atoms with Gasteiger partial charge in [0.25, 0.3) is 0 Å². The molecule has 0 spiro atoms. The number of aromatic nitrogens is 2. The molecule has 188 valence electrons. The van der Waals surface area contributed by atoms with Crippen LogP contribution in [0, 0.1) is 6.92 Å². The largest absolute Gasteiger partial charge is 0.497 e. The van der Waals surface area contributed by atoms with Crippen molar-refractivity contribution in [2.24, 2.45) is 0 Å².